The molecule has 0 aliphatic heterocycles. The van der Waals surface area contributed by atoms with Crippen molar-refractivity contribution in [2.45, 2.75) is 39.2 Å². The van der Waals surface area contributed by atoms with E-state index >= 15 is 0 Å². The van der Waals surface area contributed by atoms with Crippen molar-refractivity contribution in [1.82, 2.24) is 4.98 Å². The van der Waals surface area contributed by atoms with Gasteiger partial charge in [-0.3, -0.25) is 0 Å². The molecule has 0 N–H and O–H groups in total. The lowest BCUT2D eigenvalue weighted by atomic mass is 9.91. The van der Waals surface area contributed by atoms with Crippen LogP contribution in [-0.4, -0.2) is 12.0 Å². The van der Waals surface area contributed by atoms with E-state index in [0.29, 0.717) is 11.1 Å². The van der Waals surface area contributed by atoms with E-state index in [4.69, 9.17) is 5.26 Å². The Morgan fingerprint density at radius 3 is 2.41 bits per heavy atom. The minimum absolute atomic E-state index is 0.117. The Balaban J connectivity index is 0.00000176. The molecule has 0 unspecified atom stereocenters. The van der Waals surface area contributed by atoms with Crippen molar-refractivity contribution in [3.63, 3.8) is 0 Å². The number of halogens is 3. The zero-order chi connectivity index (χ0) is 20.8. The van der Waals surface area contributed by atoms with E-state index in [1.165, 1.54) is 23.2 Å². The molecule has 0 spiro atoms. The molecule has 0 saturated carbocycles. The lowest BCUT2D eigenvalue weighted by Gasteiger charge is -2.28. The largest absolute Gasteiger partial charge is 0.367 e. The van der Waals surface area contributed by atoms with E-state index < -0.39 is 11.7 Å². The van der Waals surface area contributed by atoms with Crippen LogP contribution in [0.3, 0.4) is 0 Å². The SMILES string of the molecule is C=C.CC(C)c1ccc(F)c(N(C)Cc2ccnc(C#N)c2)c1C(C)(F)F. The van der Waals surface area contributed by atoms with Crippen LogP contribution >= 0.6 is 0 Å². The molecule has 0 aliphatic carbocycles. The molecule has 0 saturated heterocycles. The Bertz CT molecular complexity index is 820. The number of pyridine rings is 1. The number of rotatable bonds is 5. The Hall–Kier alpha value is -2.81. The second kappa shape index (κ2) is 9.22. The van der Waals surface area contributed by atoms with Gasteiger partial charge in [-0.1, -0.05) is 19.9 Å². The molecule has 3 nitrogen and oxygen atoms in total. The number of benzene rings is 1. The van der Waals surface area contributed by atoms with Crippen LogP contribution in [-0.2, 0) is 12.5 Å². The highest BCUT2D eigenvalue weighted by atomic mass is 19.3. The van der Waals surface area contributed by atoms with Crippen molar-refractivity contribution in [1.29, 1.82) is 5.26 Å². The molecule has 0 atom stereocenters. The van der Waals surface area contributed by atoms with Gasteiger partial charge in [-0.2, -0.15) is 5.26 Å². The number of hydrogen-bond donors (Lipinski definition) is 0. The maximum Gasteiger partial charge on any atom is 0.272 e. The molecule has 0 fully saturated rings. The molecule has 1 aromatic heterocycles. The first kappa shape index (κ1) is 22.2. The second-order valence-corrected chi connectivity index (χ2v) is 6.42. The third-order valence-corrected chi connectivity index (χ3v) is 3.96. The highest BCUT2D eigenvalue weighted by Gasteiger charge is 2.34. The summed E-state index contributed by atoms with van der Waals surface area (Å²) in [6, 6.07) is 7.81. The average Bonchev–Trinajstić information content (AvgIpc) is 2.62. The van der Waals surface area contributed by atoms with Gasteiger partial charge in [0.1, 0.15) is 17.6 Å². The lowest BCUT2D eigenvalue weighted by Crippen LogP contribution is -2.24. The first-order valence-electron chi connectivity index (χ1n) is 8.42. The van der Waals surface area contributed by atoms with Gasteiger partial charge in [0.2, 0.25) is 0 Å². The molecular formula is C21H24F3N3. The molecule has 1 heterocycles. The minimum Gasteiger partial charge on any atom is -0.367 e. The quantitative estimate of drug-likeness (QED) is 0.623. The molecule has 2 rings (SSSR count). The second-order valence-electron chi connectivity index (χ2n) is 6.42. The summed E-state index contributed by atoms with van der Waals surface area (Å²) in [6.45, 7) is 10.6. The van der Waals surface area contributed by atoms with Gasteiger partial charge in [0.05, 0.1) is 11.3 Å². The summed E-state index contributed by atoms with van der Waals surface area (Å²) in [7, 11) is 1.56. The third kappa shape index (κ3) is 5.33. The first-order valence-corrected chi connectivity index (χ1v) is 8.42. The number of aromatic nitrogens is 1. The van der Waals surface area contributed by atoms with Gasteiger partial charge in [-0.05, 0) is 35.2 Å². The van der Waals surface area contributed by atoms with Crippen LogP contribution in [0.1, 0.15) is 49.1 Å². The Morgan fingerprint density at radius 2 is 1.89 bits per heavy atom. The van der Waals surface area contributed by atoms with E-state index in [-0.39, 0.29) is 29.4 Å². The van der Waals surface area contributed by atoms with Crippen molar-refractivity contribution >= 4 is 5.69 Å². The van der Waals surface area contributed by atoms with Crippen LogP contribution < -0.4 is 4.90 Å². The summed E-state index contributed by atoms with van der Waals surface area (Å²) in [5.74, 6) is -4.04. The van der Waals surface area contributed by atoms with Crippen LogP contribution in [0.15, 0.2) is 43.6 Å². The fourth-order valence-corrected chi connectivity index (χ4v) is 2.88. The van der Waals surface area contributed by atoms with Crippen LogP contribution in [0.4, 0.5) is 18.9 Å². The van der Waals surface area contributed by atoms with Gasteiger partial charge in [0.15, 0.2) is 0 Å². The molecule has 6 heteroatoms. The molecular weight excluding hydrogens is 351 g/mol. The summed E-state index contributed by atoms with van der Waals surface area (Å²) >= 11 is 0. The van der Waals surface area contributed by atoms with E-state index in [1.807, 2.05) is 6.07 Å². The molecule has 2 aromatic rings. The van der Waals surface area contributed by atoms with Crippen molar-refractivity contribution in [3.05, 3.63) is 71.8 Å². The molecule has 0 radical (unpaired) electrons. The van der Waals surface area contributed by atoms with E-state index in [9.17, 15) is 13.2 Å². The maximum absolute atomic E-state index is 14.5. The molecule has 0 amide bonds. The average molecular weight is 375 g/mol. The van der Waals surface area contributed by atoms with Crippen molar-refractivity contribution < 1.29 is 13.2 Å². The lowest BCUT2D eigenvalue weighted by molar-refractivity contribution is 0.0165. The van der Waals surface area contributed by atoms with E-state index in [1.54, 1.807) is 33.0 Å². The third-order valence-electron chi connectivity index (χ3n) is 3.96. The van der Waals surface area contributed by atoms with Crippen molar-refractivity contribution in [3.8, 4) is 6.07 Å². The zero-order valence-electron chi connectivity index (χ0n) is 16.1. The maximum atomic E-state index is 14.5. The van der Waals surface area contributed by atoms with Gasteiger partial charge < -0.3 is 4.90 Å². The van der Waals surface area contributed by atoms with Gasteiger partial charge in [-0.15, -0.1) is 13.2 Å². The Kier molecular flexibility index (Phi) is 7.59. The van der Waals surface area contributed by atoms with Crippen LogP contribution in [0.2, 0.25) is 0 Å². The molecule has 1 aromatic carbocycles. The number of nitriles is 1. The predicted octanol–water partition coefficient (Wildman–Crippen LogP) is 5.77. The van der Waals surface area contributed by atoms with Gasteiger partial charge in [-0.25, -0.2) is 18.2 Å². The monoisotopic (exact) mass is 375 g/mol. The van der Waals surface area contributed by atoms with Gasteiger partial charge in [0.25, 0.3) is 5.92 Å². The highest BCUT2D eigenvalue weighted by Crippen LogP contribution is 2.41. The van der Waals surface area contributed by atoms with Gasteiger partial charge >= 0.3 is 0 Å². The fourth-order valence-electron chi connectivity index (χ4n) is 2.88. The summed E-state index contributed by atoms with van der Waals surface area (Å²) in [5, 5.41) is 8.92. The van der Waals surface area contributed by atoms with Gasteiger partial charge in [0, 0.05) is 26.7 Å². The Labute approximate surface area is 158 Å². The topological polar surface area (TPSA) is 39.9 Å². The number of anilines is 1. The van der Waals surface area contributed by atoms with Crippen molar-refractivity contribution in [2.24, 2.45) is 0 Å². The van der Waals surface area contributed by atoms with Crippen molar-refractivity contribution in [2.75, 3.05) is 11.9 Å². The van der Waals surface area contributed by atoms with Crippen LogP contribution in [0, 0.1) is 17.1 Å². The molecule has 0 bridgehead atoms. The number of hydrogen-bond acceptors (Lipinski definition) is 3. The number of nitrogens with zero attached hydrogens (tertiary/aromatic N) is 3. The smallest absolute Gasteiger partial charge is 0.272 e. The normalized spacial score (nSPS) is 10.8. The molecule has 0 aliphatic rings. The fraction of sp³-hybridized carbons (Fsp3) is 0.333. The minimum atomic E-state index is -3.18. The molecule has 27 heavy (non-hydrogen) atoms. The zero-order valence-corrected chi connectivity index (χ0v) is 16.1. The summed E-state index contributed by atoms with van der Waals surface area (Å²) in [6.07, 6.45) is 1.47. The van der Waals surface area contributed by atoms with E-state index in [0.717, 1.165) is 6.92 Å². The molecule has 144 valence electrons. The standard InChI is InChI=1S/C19H20F3N3.C2H4/c1-12(2)15-5-6-16(20)18(17(15)19(3,21)22)25(4)11-13-7-8-24-14(9-13)10-23;1-2/h5-9,12H,11H2,1-4H3;1-2H2. The summed E-state index contributed by atoms with van der Waals surface area (Å²) in [4.78, 5) is 5.32. The Morgan fingerprint density at radius 1 is 1.26 bits per heavy atom. The first-order chi connectivity index (χ1) is 12.6. The van der Waals surface area contributed by atoms with Crippen LogP contribution in [0.5, 0.6) is 0 Å². The summed E-state index contributed by atoms with van der Waals surface area (Å²) < 4.78 is 43.1. The van der Waals surface area contributed by atoms with Crippen LogP contribution in [0.25, 0.3) is 0 Å². The predicted molar refractivity (Wildman–Crippen MR) is 102 cm³/mol. The highest BCUT2D eigenvalue weighted by molar-refractivity contribution is 5.60. The number of alkyl halides is 2. The summed E-state index contributed by atoms with van der Waals surface area (Å²) in [5.41, 5.74) is 0.925. The van der Waals surface area contributed by atoms with E-state index in [2.05, 4.69) is 18.1 Å².